The zero-order valence-corrected chi connectivity index (χ0v) is 14.2. The van der Waals surface area contributed by atoms with Gasteiger partial charge >= 0.3 is 0 Å². The van der Waals surface area contributed by atoms with Crippen LogP contribution in [0.2, 0.25) is 0 Å². The van der Waals surface area contributed by atoms with Gasteiger partial charge in [0.05, 0.1) is 0 Å². The highest BCUT2D eigenvalue weighted by Crippen LogP contribution is 2.15. The van der Waals surface area contributed by atoms with Crippen molar-refractivity contribution >= 4 is 23.5 Å². The number of aromatic nitrogens is 2. The smallest absolute Gasteiger partial charge is 0.221 e. The van der Waals surface area contributed by atoms with Crippen LogP contribution < -0.4 is 5.32 Å². The van der Waals surface area contributed by atoms with Gasteiger partial charge in [0, 0.05) is 41.7 Å². The van der Waals surface area contributed by atoms with Gasteiger partial charge < -0.3 is 5.32 Å². The Balaban J connectivity index is 1.71. The lowest BCUT2D eigenvalue weighted by Crippen LogP contribution is -2.06. The molecule has 0 saturated carbocycles. The van der Waals surface area contributed by atoms with Gasteiger partial charge in [-0.05, 0) is 24.3 Å². The third-order valence-electron chi connectivity index (χ3n) is 3.60. The molecule has 0 aliphatic rings. The highest BCUT2D eigenvalue weighted by atomic mass is 16.1. The predicted octanol–water partition coefficient (Wildman–Crippen LogP) is 4.00. The van der Waals surface area contributed by atoms with E-state index in [-0.39, 0.29) is 11.7 Å². The van der Waals surface area contributed by atoms with Gasteiger partial charge in [-0.25, -0.2) is 9.97 Å². The number of nitrogens with zero attached hydrogens (tertiary/aromatic N) is 2. The Bertz CT molecular complexity index is 949. The van der Waals surface area contributed by atoms with Gasteiger partial charge in [-0.3, -0.25) is 9.59 Å². The number of allylic oxidation sites excluding steroid dienone is 1. The van der Waals surface area contributed by atoms with Crippen LogP contribution in [0.5, 0.6) is 0 Å². The standard InChI is InChI=1S/C21H17N3O2/c1-15(25)24-19-9-5-8-18(12-19)20(26)11-10-16-13-22-21(23-14-16)17-6-3-2-4-7-17/h2-14H,1H3,(H,24,25). The predicted molar refractivity (Wildman–Crippen MR) is 102 cm³/mol. The van der Waals surface area contributed by atoms with Gasteiger partial charge in [-0.1, -0.05) is 42.5 Å². The maximum atomic E-state index is 12.3. The van der Waals surface area contributed by atoms with Crippen LogP contribution in [-0.2, 0) is 4.79 Å². The molecule has 0 fully saturated rings. The molecule has 5 nitrogen and oxygen atoms in total. The first-order valence-corrected chi connectivity index (χ1v) is 8.09. The van der Waals surface area contributed by atoms with Crippen LogP contribution in [0.3, 0.4) is 0 Å². The van der Waals surface area contributed by atoms with E-state index < -0.39 is 0 Å². The van der Waals surface area contributed by atoms with Crippen molar-refractivity contribution in [3.8, 4) is 11.4 Å². The molecule has 0 radical (unpaired) electrons. The Kier molecular flexibility index (Phi) is 5.29. The first-order chi connectivity index (χ1) is 12.6. The van der Waals surface area contributed by atoms with E-state index in [4.69, 9.17) is 0 Å². The van der Waals surface area contributed by atoms with Crippen LogP contribution in [0.1, 0.15) is 22.8 Å². The van der Waals surface area contributed by atoms with Gasteiger partial charge in [0.1, 0.15) is 0 Å². The maximum Gasteiger partial charge on any atom is 0.221 e. The van der Waals surface area contributed by atoms with Gasteiger partial charge in [0.25, 0.3) is 0 Å². The van der Waals surface area contributed by atoms with Gasteiger partial charge in [0.2, 0.25) is 5.91 Å². The molecule has 3 aromatic rings. The van der Waals surface area contributed by atoms with E-state index in [9.17, 15) is 9.59 Å². The summed E-state index contributed by atoms with van der Waals surface area (Å²) in [6, 6.07) is 16.5. The summed E-state index contributed by atoms with van der Waals surface area (Å²) in [7, 11) is 0. The highest BCUT2D eigenvalue weighted by Gasteiger charge is 2.04. The summed E-state index contributed by atoms with van der Waals surface area (Å²) < 4.78 is 0. The third kappa shape index (κ3) is 4.48. The molecule has 0 aliphatic heterocycles. The van der Waals surface area contributed by atoms with E-state index in [1.807, 2.05) is 30.3 Å². The lowest BCUT2D eigenvalue weighted by Gasteiger charge is -2.03. The minimum atomic E-state index is -0.180. The molecule has 0 unspecified atom stereocenters. The molecule has 128 valence electrons. The zero-order valence-electron chi connectivity index (χ0n) is 14.2. The van der Waals surface area contributed by atoms with Crippen LogP contribution in [0.4, 0.5) is 5.69 Å². The Hall–Kier alpha value is -3.60. The normalized spacial score (nSPS) is 10.7. The van der Waals surface area contributed by atoms with Crippen molar-refractivity contribution in [3.63, 3.8) is 0 Å². The number of rotatable bonds is 5. The van der Waals surface area contributed by atoms with Crippen LogP contribution in [0, 0.1) is 0 Å². The number of hydrogen-bond donors (Lipinski definition) is 1. The second kappa shape index (κ2) is 7.98. The highest BCUT2D eigenvalue weighted by molar-refractivity contribution is 6.07. The molecule has 0 aliphatic carbocycles. The van der Waals surface area contributed by atoms with Gasteiger partial charge in [-0.2, -0.15) is 0 Å². The van der Waals surface area contributed by atoms with E-state index >= 15 is 0 Å². The van der Waals surface area contributed by atoms with Crippen LogP contribution >= 0.6 is 0 Å². The summed E-state index contributed by atoms with van der Waals surface area (Å²) in [6.07, 6.45) is 6.48. The molecule has 1 aromatic heterocycles. The topological polar surface area (TPSA) is 72.0 Å². The number of benzene rings is 2. The summed E-state index contributed by atoms with van der Waals surface area (Å²) in [5.74, 6) is 0.294. The summed E-state index contributed by atoms with van der Waals surface area (Å²) >= 11 is 0. The summed E-state index contributed by atoms with van der Waals surface area (Å²) in [5, 5.41) is 2.66. The molecular formula is C21H17N3O2. The van der Waals surface area contributed by atoms with Crippen LogP contribution in [-0.4, -0.2) is 21.7 Å². The molecule has 0 spiro atoms. The molecule has 2 aromatic carbocycles. The minimum absolute atomic E-state index is 0.163. The van der Waals surface area contributed by atoms with Crippen molar-refractivity contribution in [3.05, 3.63) is 84.2 Å². The van der Waals surface area contributed by atoms with E-state index in [0.717, 1.165) is 11.1 Å². The molecule has 0 saturated heterocycles. The first kappa shape index (κ1) is 17.2. The fourth-order valence-corrected chi connectivity index (χ4v) is 2.38. The lowest BCUT2D eigenvalue weighted by molar-refractivity contribution is -0.114. The number of nitrogens with one attached hydrogen (secondary N) is 1. The molecule has 5 heteroatoms. The van der Waals surface area contributed by atoms with Crippen LogP contribution in [0.25, 0.3) is 17.5 Å². The van der Waals surface area contributed by atoms with Crippen LogP contribution in [0.15, 0.2) is 73.1 Å². The van der Waals surface area contributed by atoms with Crippen molar-refractivity contribution in [1.29, 1.82) is 0 Å². The number of hydrogen-bond acceptors (Lipinski definition) is 4. The van der Waals surface area contributed by atoms with Crippen molar-refractivity contribution in [2.75, 3.05) is 5.32 Å². The molecular weight excluding hydrogens is 326 g/mol. The monoisotopic (exact) mass is 343 g/mol. The van der Waals surface area contributed by atoms with Crippen molar-refractivity contribution in [2.45, 2.75) is 6.92 Å². The molecule has 3 rings (SSSR count). The number of anilines is 1. The Morgan fingerprint density at radius 3 is 2.38 bits per heavy atom. The van der Waals surface area contributed by atoms with Crippen molar-refractivity contribution in [2.24, 2.45) is 0 Å². The number of amides is 1. The summed E-state index contributed by atoms with van der Waals surface area (Å²) in [5.41, 5.74) is 2.76. The largest absolute Gasteiger partial charge is 0.326 e. The number of carbonyl (C=O) groups excluding carboxylic acids is 2. The second-order valence-electron chi connectivity index (χ2n) is 5.67. The quantitative estimate of drug-likeness (QED) is 0.561. The average molecular weight is 343 g/mol. The summed E-state index contributed by atoms with van der Waals surface area (Å²) in [6.45, 7) is 1.42. The van der Waals surface area contributed by atoms with Gasteiger partial charge in [0.15, 0.2) is 11.6 Å². The molecule has 0 bridgehead atoms. The van der Waals surface area contributed by atoms with E-state index in [1.54, 1.807) is 42.7 Å². The fraction of sp³-hybridized carbons (Fsp3) is 0.0476. The average Bonchev–Trinajstić information content (AvgIpc) is 2.67. The third-order valence-corrected chi connectivity index (χ3v) is 3.60. The van der Waals surface area contributed by atoms with E-state index in [2.05, 4.69) is 15.3 Å². The molecule has 1 amide bonds. The first-order valence-electron chi connectivity index (χ1n) is 8.09. The molecule has 26 heavy (non-hydrogen) atoms. The maximum absolute atomic E-state index is 12.3. The Morgan fingerprint density at radius 2 is 1.69 bits per heavy atom. The Labute approximate surface area is 151 Å². The Morgan fingerprint density at radius 1 is 0.962 bits per heavy atom. The fourth-order valence-electron chi connectivity index (χ4n) is 2.38. The van der Waals surface area contributed by atoms with Crippen molar-refractivity contribution in [1.82, 2.24) is 9.97 Å². The molecule has 1 N–H and O–H groups in total. The molecule has 0 atom stereocenters. The van der Waals surface area contributed by atoms with E-state index in [1.165, 1.54) is 13.0 Å². The van der Waals surface area contributed by atoms with Gasteiger partial charge in [-0.15, -0.1) is 0 Å². The SMILES string of the molecule is CC(=O)Nc1cccc(C(=O)C=Cc2cnc(-c3ccccc3)nc2)c1. The number of carbonyl (C=O) groups is 2. The summed E-state index contributed by atoms with van der Waals surface area (Å²) in [4.78, 5) is 32.1. The molecule has 1 heterocycles. The minimum Gasteiger partial charge on any atom is -0.326 e. The van der Waals surface area contributed by atoms with Crippen molar-refractivity contribution < 1.29 is 9.59 Å². The zero-order chi connectivity index (χ0) is 18.4. The second-order valence-corrected chi connectivity index (χ2v) is 5.67. The van der Waals surface area contributed by atoms with E-state index in [0.29, 0.717) is 17.1 Å². The lowest BCUT2D eigenvalue weighted by atomic mass is 10.1. The number of ketones is 1.